The lowest BCUT2D eigenvalue weighted by Crippen LogP contribution is -1.99. The minimum atomic E-state index is -0.863. The maximum absolute atomic E-state index is 10.6. The van der Waals surface area contributed by atoms with E-state index in [1.54, 1.807) is 6.20 Å². The Morgan fingerprint density at radius 1 is 1.38 bits per heavy atom. The van der Waals surface area contributed by atoms with Crippen LogP contribution in [0.5, 0.6) is 0 Å². The molecule has 0 atom stereocenters. The summed E-state index contributed by atoms with van der Waals surface area (Å²) in [4.78, 5) is 14.9. The van der Waals surface area contributed by atoms with Gasteiger partial charge in [0, 0.05) is 18.8 Å². The third-order valence-electron chi connectivity index (χ3n) is 2.29. The number of nitrogens with zero attached hydrogens (tertiary/aromatic N) is 2. The van der Waals surface area contributed by atoms with Crippen LogP contribution in [-0.4, -0.2) is 20.6 Å². The molecule has 0 saturated carbocycles. The summed E-state index contributed by atoms with van der Waals surface area (Å²) < 4.78 is 1.84. The van der Waals surface area contributed by atoms with Crippen LogP contribution in [0.1, 0.15) is 5.69 Å². The minimum Gasteiger partial charge on any atom is -0.481 e. The van der Waals surface area contributed by atoms with Crippen molar-refractivity contribution < 1.29 is 9.90 Å². The van der Waals surface area contributed by atoms with Gasteiger partial charge in [-0.1, -0.05) is 30.3 Å². The van der Waals surface area contributed by atoms with E-state index in [2.05, 4.69) is 4.98 Å². The number of carboxylic acid groups (broad SMARTS) is 1. The van der Waals surface area contributed by atoms with Crippen molar-refractivity contribution in [1.29, 1.82) is 0 Å². The average molecular weight is 216 g/mol. The van der Waals surface area contributed by atoms with Crippen molar-refractivity contribution in [3.05, 3.63) is 42.2 Å². The van der Waals surface area contributed by atoms with E-state index in [9.17, 15) is 4.79 Å². The summed E-state index contributed by atoms with van der Waals surface area (Å²) >= 11 is 0. The highest BCUT2D eigenvalue weighted by Crippen LogP contribution is 2.17. The van der Waals surface area contributed by atoms with Crippen LogP contribution in [0, 0.1) is 0 Å². The van der Waals surface area contributed by atoms with E-state index in [0.29, 0.717) is 5.69 Å². The first-order valence-corrected chi connectivity index (χ1v) is 4.96. The molecule has 0 aliphatic heterocycles. The fourth-order valence-electron chi connectivity index (χ4n) is 1.62. The van der Waals surface area contributed by atoms with Crippen LogP contribution >= 0.6 is 0 Å². The molecule has 0 radical (unpaired) electrons. The average Bonchev–Trinajstić information content (AvgIpc) is 2.60. The molecule has 2 aromatic rings. The van der Waals surface area contributed by atoms with Gasteiger partial charge in [-0.2, -0.15) is 0 Å². The lowest BCUT2D eigenvalue weighted by molar-refractivity contribution is -0.136. The van der Waals surface area contributed by atoms with Crippen molar-refractivity contribution in [2.45, 2.75) is 6.42 Å². The van der Waals surface area contributed by atoms with Crippen LogP contribution in [0.4, 0.5) is 0 Å². The first kappa shape index (κ1) is 10.4. The Bertz CT molecular complexity index is 503. The number of hydrogen-bond acceptors (Lipinski definition) is 2. The number of benzene rings is 1. The monoisotopic (exact) mass is 216 g/mol. The zero-order chi connectivity index (χ0) is 11.5. The second-order valence-electron chi connectivity index (χ2n) is 3.60. The number of imidazole rings is 1. The topological polar surface area (TPSA) is 55.1 Å². The van der Waals surface area contributed by atoms with Crippen molar-refractivity contribution >= 4 is 5.97 Å². The van der Waals surface area contributed by atoms with Crippen LogP contribution in [0.2, 0.25) is 0 Å². The second-order valence-corrected chi connectivity index (χ2v) is 3.60. The molecule has 4 heteroatoms. The van der Waals surface area contributed by atoms with Gasteiger partial charge in [0.15, 0.2) is 0 Å². The largest absolute Gasteiger partial charge is 0.481 e. The van der Waals surface area contributed by atoms with E-state index in [1.807, 2.05) is 41.9 Å². The second kappa shape index (κ2) is 4.18. The quantitative estimate of drug-likeness (QED) is 0.849. The maximum atomic E-state index is 10.6. The van der Waals surface area contributed by atoms with Gasteiger partial charge >= 0.3 is 5.97 Å². The molecule has 0 amide bonds. The van der Waals surface area contributed by atoms with Crippen LogP contribution < -0.4 is 0 Å². The van der Waals surface area contributed by atoms with Crippen molar-refractivity contribution in [3.8, 4) is 11.4 Å². The fraction of sp³-hybridized carbons (Fsp3) is 0.167. The summed E-state index contributed by atoms with van der Waals surface area (Å²) in [6.45, 7) is 0. The van der Waals surface area contributed by atoms with Gasteiger partial charge in [0.2, 0.25) is 0 Å². The number of carbonyl (C=O) groups is 1. The molecule has 16 heavy (non-hydrogen) atoms. The number of aromatic nitrogens is 2. The van der Waals surface area contributed by atoms with E-state index in [1.165, 1.54) is 0 Å². The Morgan fingerprint density at radius 2 is 2.06 bits per heavy atom. The normalized spacial score (nSPS) is 10.3. The zero-order valence-corrected chi connectivity index (χ0v) is 8.92. The molecule has 1 heterocycles. The van der Waals surface area contributed by atoms with Crippen molar-refractivity contribution in [1.82, 2.24) is 9.55 Å². The van der Waals surface area contributed by atoms with Crippen molar-refractivity contribution in [2.75, 3.05) is 0 Å². The smallest absolute Gasteiger partial charge is 0.309 e. The Labute approximate surface area is 93.2 Å². The van der Waals surface area contributed by atoms with E-state index in [4.69, 9.17) is 5.11 Å². The first-order chi connectivity index (χ1) is 7.66. The van der Waals surface area contributed by atoms with Gasteiger partial charge in [-0.3, -0.25) is 4.79 Å². The number of rotatable bonds is 3. The van der Waals surface area contributed by atoms with Gasteiger partial charge < -0.3 is 9.67 Å². The third kappa shape index (κ3) is 2.11. The molecule has 1 aromatic heterocycles. The predicted molar refractivity (Wildman–Crippen MR) is 60.0 cm³/mol. The Morgan fingerprint density at radius 3 is 2.69 bits per heavy atom. The molecule has 0 aliphatic rings. The molecule has 2 rings (SSSR count). The zero-order valence-electron chi connectivity index (χ0n) is 8.92. The number of aliphatic carboxylic acids is 1. The van der Waals surface area contributed by atoms with Gasteiger partial charge in [-0.25, -0.2) is 4.98 Å². The highest BCUT2D eigenvalue weighted by atomic mass is 16.4. The SMILES string of the molecule is Cn1cc(CC(=O)O)nc1-c1ccccc1. The van der Waals surface area contributed by atoms with E-state index in [-0.39, 0.29) is 6.42 Å². The lowest BCUT2D eigenvalue weighted by Gasteiger charge is -1.99. The van der Waals surface area contributed by atoms with Gasteiger partial charge in [0.05, 0.1) is 12.1 Å². The summed E-state index contributed by atoms with van der Waals surface area (Å²) in [6, 6.07) is 9.70. The third-order valence-corrected chi connectivity index (χ3v) is 2.29. The van der Waals surface area contributed by atoms with Crippen LogP contribution in [0.3, 0.4) is 0 Å². The molecule has 0 unspecified atom stereocenters. The standard InChI is InChI=1S/C12H12N2O2/c1-14-8-10(7-11(15)16)13-12(14)9-5-3-2-4-6-9/h2-6,8H,7H2,1H3,(H,15,16). The molecule has 1 aromatic carbocycles. The molecule has 4 nitrogen and oxygen atoms in total. The van der Waals surface area contributed by atoms with Gasteiger partial charge in [-0.05, 0) is 0 Å². The summed E-state index contributed by atoms with van der Waals surface area (Å²) in [5.74, 6) is -0.0745. The van der Waals surface area contributed by atoms with Crippen molar-refractivity contribution in [2.24, 2.45) is 7.05 Å². The summed E-state index contributed by atoms with van der Waals surface area (Å²) in [5, 5.41) is 8.69. The number of hydrogen-bond donors (Lipinski definition) is 1. The Balaban J connectivity index is 2.36. The highest BCUT2D eigenvalue weighted by molar-refractivity contribution is 5.70. The van der Waals surface area contributed by atoms with E-state index < -0.39 is 5.97 Å². The van der Waals surface area contributed by atoms with Gasteiger partial charge in [0.1, 0.15) is 5.82 Å². The van der Waals surface area contributed by atoms with Crippen LogP contribution in [-0.2, 0) is 18.3 Å². The maximum Gasteiger partial charge on any atom is 0.309 e. The summed E-state index contributed by atoms with van der Waals surface area (Å²) in [5.41, 5.74) is 1.57. The predicted octanol–water partition coefficient (Wildman–Crippen LogP) is 1.71. The molecule has 1 N–H and O–H groups in total. The molecular weight excluding hydrogens is 204 g/mol. The van der Waals surface area contributed by atoms with E-state index >= 15 is 0 Å². The molecule has 0 spiro atoms. The van der Waals surface area contributed by atoms with Crippen LogP contribution in [0.25, 0.3) is 11.4 Å². The molecular formula is C12H12N2O2. The fourth-order valence-corrected chi connectivity index (χ4v) is 1.62. The Hall–Kier alpha value is -2.10. The van der Waals surface area contributed by atoms with E-state index in [0.717, 1.165) is 11.4 Å². The van der Waals surface area contributed by atoms with Gasteiger partial charge in [-0.15, -0.1) is 0 Å². The molecule has 0 saturated heterocycles. The van der Waals surface area contributed by atoms with Crippen LogP contribution in [0.15, 0.2) is 36.5 Å². The molecule has 0 bridgehead atoms. The molecule has 0 fully saturated rings. The number of aryl methyl sites for hydroxylation is 1. The Kier molecular flexibility index (Phi) is 2.72. The summed E-state index contributed by atoms with van der Waals surface area (Å²) in [7, 11) is 1.86. The van der Waals surface area contributed by atoms with Gasteiger partial charge in [0.25, 0.3) is 0 Å². The molecule has 82 valence electrons. The van der Waals surface area contributed by atoms with Crippen molar-refractivity contribution in [3.63, 3.8) is 0 Å². The molecule has 0 aliphatic carbocycles. The minimum absolute atomic E-state index is 0.0410. The first-order valence-electron chi connectivity index (χ1n) is 4.96. The number of carboxylic acids is 1. The highest BCUT2D eigenvalue weighted by Gasteiger charge is 2.09. The summed E-state index contributed by atoms with van der Waals surface area (Å²) in [6.07, 6.45) is 1.71. The lowest BCUT2D eigenvalue weighted by atomic mass is 10.2.